The lowest BCUT2D eigenvalue weighted by Crippen LogP contribution is -2.20. The smallest absolute Gasteiger partial charge is 0.267 e. The van der Waals surface area contributed by atoms with Gasteiger partial charge < -0.3 is 0 Å². The predicted octanol–water partition coefficient (Wildman–Crippen LogP) is 0.723. The van der Waals surface area contributed by atoms with Gasteiger partial charge in [-0.05, 0) is 11.4 Å². The Kier molecular flexibility index (Phi) is 2.05. The zero-order valence-electron chi connectivity index (χ0n) is 6.54. The van der Waals surface area contributed by atoms with Crippen molar-refractivity contribution in [2.75, 3.05) is 5.43 Å². The molecule has 13 heavy (non-hydrogen) atoms. The summed E-state index contributed by atoms with van der Waals surface area (Å²) in [6, 6.07) is 1.75. The van der Waals surface area contributed by atoms with Crippen molar-refractivity contribution >= 4 is 17.2 Å². The Balaban J connectivity index is 2.08. The number of rotatable bonds is 2. The van der Waals surface area contributed by atoms with Gasteiger partial charge in [-0.1, -0.05) is 0 Å². The fourth-order valence-corrected chi connectivity index (χ4v) is 1.47. The van der Waals surface area contributed by atoms with Crippen LogP contribution in [0.5, 0.6) is 0 Å². The second-order valence-electron chi connectivity index (χ2n) is 2.32. The van der Waals surface area contributed by atoms with E-state index in [1.165, 1.54) is 28.7 Å². The number of carbonyl (C=O) groups is 1. The van der Waals surface area contributed by atoms with Crippen LogP contribution in [0.15, 0.2) is 29.5 Å². The van der Waals surface area contributed by atoms with E-state index in [9.17, 15) is 4.79 Å². The zero-order valence-corrected chi connectivity index (χ0v) is 7.36. The van der Waals surface area contributed by atoms with Crippen LogP contribution in [0.2, 0.25) is 0 Å². The highest BCUT2D eigenvalue weighted by atomic mass is 32.1. The maximum absolute atomic E-state index is 11.4. The van der Waals surface area contributed by atoms with Crippen LogP contribution in [0.1, 0.15) is 10.4 Å². The third-order valence-corrected chi connectivity index (χ3v) is 2.12. The van der Waals surface area contributed by atoms with E-state index in [4.69, 9.17) is 0 Å². The Morgan fingerprint density at radius 2 is 2.23 bits per heavy atom. The van der Waals surface area contributed by atoms with E-state index < -0.39 is 0 Å². The van der Waals surface area contributed by atoms with Crippen LogP contribution < -0.4 is 5.43 Å². The molecule has 0 aliphatic carbocycles. The van der Waals surface area contributed by atoms with Crippen molar-refractivity contribution in [3.63, 3.8) is 0 Å². The molecule has 0 saturated heterocycles. The molecule has 0 saturated carbocycles. The van der Waals surface area contributed by atoms with Crippen LogP contribution in [0.4, 0.5) is 0 Å². The first-order chi connectivity index (χ1) is 6.36. The van der Waals surface area contributed by atoms with Gasteiger partial charge in [0.25, 0.3) is 5.91 Å². The van der Waals surface area contributed by atoms with Gasteiger partial charge in [0.2, 0.25) is 0 Å². The first-order valence-electron chi connectivity index (χ1n) is 3.54. The number of amides is 1. The molecular weight excluding hydrogens is 188 g/mol. The number of thiophene rings is 1. The molecule has 0 radical (unpaired) electrons. The molecule has 0 spiro atoms. The van der Waals surface area contributed by atoms with Crippen LogP contribution in [-0.2, 0) is 0 Å². The molecule has 2 rings (SSSR count). The molecule has 66 valence electrons. The van der Waals surface area contributed by atoms with E-state index in [1.54, 1.807) is 11.4 Å². The zero-order chi connectivity index (χ0) is 9.10. The molecule has 0 unspecified atom stereocenters. The fourth-order valence-electron chi connectivity index (χ4n) is 0.834. The summed E-state index contributed by atoms with van der Waals surface area (Å²) < 4.78 is 1.40. The van der Waals surface area contributed by atoms with Crippen molar-refractivity contribution in [2.24, 2.45) is 0 Å². The van der Waals surface area contributed by atoms with Gasteiger partial charge in [-0.3, -0.25) is 10.2 Å². The fraction of sp³-hybridized carbons (Fsp3) is 0. The summed E-state index contributed by atoms with van der Waals surface area (Å²) >= 11 is 1.48. The molecule has 2 aromatic heterocycles. The second-order valence-corrected chi connectivity index (χ2v) is 3.10. The Morgan fingerprint density at radius 3 is 2.85 bits per heavy atom. The first-order valence-corrected chi connectivity index (χ1v) is 4.49. The van der Waals surface area contributed by atoms with E-state index in [1.807, 2.05) is 5.38 Å². The molecule has 2 aromatic rings. The van der Waals surface area contributed by atoms with E-state index in [0.29, 0.717) is 5.56 Å². The maximum atomic E-state index is 11.4. The normalized spacial score (nSPS) is 9.85. The average Bonchev–Trinajstić information content (AvgIpc) is 2.74. The SMILES string of the molecule is O=C(Nn1cnnc1)c1ccsc1. The van der Waals surface area contributed by atoms with E-state index in [0.717, 1.165) is 0 Å². The third kappa shape index (κ3) is 1.73. The maximum Gasteiger partial charge on any atom is 0.271 e. The highest BCUT2D eigenvalue weighted by molar-refractivity contribution is 7.08. The average molecular weight is 194 g/mol. The number of nitrogens with zero attached hydrogens (tertiary/aromatic N) is 3. The van der Waals surface area contributed by atoms with Crippen molar-refractivity contribution < 1.29 is 4.79 Å². The van der Waals surface area contributed by atoms with E-state index in [-0.39, 0.29) is 5.91 Å². The molecule has 0 aromatic carbocycles. The molecule has 0 bridgehead atoms. The Bertz CT molecular complexity index is 381. The van der Waals surface area contributed by atoms with Gasteiger partial charge in [0.05, 0.1) is 5.56 Å². The number of carbonyl (C=O) groups excluding carboxylic acids is 1. The summed E-state index contributed by atoms with van der Waals surface area (Å²) in [7, 11) is 0. The van der Waals surface area contributed by atoms with E-state index >= 15 is 0 Å². The molecule has 0 atom stereocenters. The highest BCUT2D eigenvalue weighted by Gasteiger charge is 2.04. The summed E-state index contributed by atoms with van der Waals surface area (Å²) in [6.07, 6.45) is 2.84. The monoisotopic (exact) mass is 194 g/mol. The van der Waals surface area contributed by atoms with Gasteiger partial charge in [0, 0.05) is 5.38 Å². The predicted molar refractivity (Wildman–Crippen MR) is 48.0 cm³/mol. The number of aromatic nitrogens is 3. The Morgan fingerprint density at radius 1 is 1.46 bits per heavy atom. The van der Waals surface area contributed by atoms with Gasteiger partial charge in [0.15, 0.2) is 0 Å². The number of hydrogen-bond acceptors (Lipinski definition) is 4. The Hall–Kier alpha value is -1.69. The quantitative estimate of drug-likeness (QED) is 0.766. The van der Waals surface area contributed by atoms with Gasteiger partial charge in [-0.15, -0.1) is 10.2 Å². The molecule has 0 aliphatic rings. The third-order valence-electron chi connectivity index (χ3n) is 1.43. The summed E-state index contributed by atoms with van der Waals surface area (Å²) in [5, 5.41) is 10.7. The lowest BCUT2D eigenvalue weighted by atomic mass is 10.3. The van der Waals surface area contributed by atoms with Crippen LogP contribution >= 0.6 is 11.3 Å². The van der Waals surface area contributed by atoms with Gasteiger partial charge in [-0.2, -0.15) is 11.3 Å². The second kappa shape index (κ2) is 3.36. The highest BCUT2D eigenvalue weighted by Crippen LogP contribution is 2.05. The standard InChI is InChI=1S/C7H6N4OS/c12-7(6-1-2-13-3-6)10-11-4-8-9-5-11/h1-5H,(H,10,12). The van der Waals surface area contributed by atoms with Crippen molar-refractivity contribution in [1.29, 1.82) is 0 Å². The van der Waals surface area contributed by atoms with Gasteiger partial charge in [0.1, 0.15) is 12.7 Å². The summed E-state index contributed by atoms with van der Waals surface area (Å²) in [6.45, 7) is 0. The van der Waals surface area contributed by atoms with Crippen LogP contribution in [0, 0.1) is 0 Å². The topological polar surface area (TPSA) is 59.8 Å². The van der Waals surface area contributed by atoms with Crippen molar-refractivity contribution in [3.8, 4) is 0 Å². The lowest BCUT2D eigenvalue weighted by molar-refractivity contribution is 0.101. The van der Waals surface area contributed by atoms with Gasteiger partial charge >= 0.3 is 0 Å². The largest absolute Gasteiger partial charge is 0.271 e. The van der Waals surface area contributed by atoms with E-state index in [2.05, 4.69) is 15.6 Å². The van der Waals surface area contributed by atoms with Crippen molar-refractivity contribution in [1.82, 2.24) is 14.9 Å². The summed E-state index contributed by atoms with van der Waals surface area (Å²) in [4.78, 5) is 11.4. The minimum atomic E-state index is -0.166. The molecule has 5 nitrogen and oxygen atoms in total. The lowest BCUT2D eigenvalue weighted by Gasteiger charge is -2.01. The molecule has 6 heteroatoms. The first kappa shape index (κ1) is 7.93. The molecule has 1 amide bonds. The minimum Gasteiger partial charge on any atom is -0.267 e. The van der Waals surface area contributed by atoms with Crippen LogP contribution in [0.25, 0.3) is 0 Å². The molecular formula is C7H6N4OS. The number of hydrogen-bond donors (Lipinski definition) is 1. The molecule has 2 heterocycles. The molecule has 0 fully saturated rings. The molecule has 1 N–H and O–H groups in total. The van der Waals surface area contributed by atoms with Crippen molar-refractivity contribution in [2.45, 2.75) is 0 Å². The van der Waals surface area contributed by atoms with Crippen molar-refractivity contribution in [3.05, 3.63) is 35.0 Å². The van der Waals surface area contributed by atoms with Crippen LogP contribution in [-0.4, -0.2) is 20.8 Å². The van der Waals surface area contributed by atoms with Gasteiger partial charge in [-0.25, -0.2) is 4.68 Å². The Labute approximate surface area is 78.0 Å². The molecule has 0 aliphatic heterocycles. The summed E-state index contributed by atoms with van der Waals surface area (Å²) in [5.41, 5.74) is 3.22. The van der Waals surface area contributed by atoms with Crippen LogP contribution in [0.3, 0.4) is 0 Å². The summed E-state index contributed by atoms with van der Waals surface area (Å²) in [5.74, 6) is -0.166. The number of nitrogens with one attached hydrogen (secondary N) is 1. The minimum absolute atomic E-state index is 0.166.